The van der Waals surface area contributed by atoms with Gasteiger partial charge in [0.25, 0.3) is 0 Å². The molecule has 2 rings (SSSR count). The Kier molecular flexibility index (Phi) is 3.39. The lowest BCUT2D eigenvalue weighted by Gasteiger charge is -2.17. The molecule has 18 heavy (non-hydrogen) atoms. The van der Waals surface area contributed by atoms with Gasteiger partial charge in [0.15, 0.2) is 0 Å². The normalized spacial score (nSPS) is 12.0. The highest BCUT2D eigenvalue weighted by Gasteiger charge is 2.26. The number of hydrogen-bond donors (Lipinski definition) is 1. The summed E-state index contributed by atoms with van der Waals surface area (Å²) < 4.78 is 12.0. The number of ether oxygens (including phenoxy) is 1. The number of aromatic nitrogens is 5. The molecule has 0 saturated carbocycles. The second kappa shape index (κ2) is 4.83. The number of nitrogens with two attached hydrogens (primary N) is 1. The van der Waals surface area contributed by atoms with E-state index >= 15 is 0 Å². The van der Waals surface area contributed by atoms with E-state index in [4.69, 9.17) is 15.0 Å². The highest BCUT2D eigenvalue weighted by molar-refractivity contribution is 4.98. The van der Waals surface area contributed by atoms with Crippen LogP contribution in [0.5, 0.6) is 0 Å². The highest BCUT2D eigenvalue weighted by Crippen LogP contribution is 2.20. The van der Waals surface area contributed by atoms with Crippen LogP contribution in [0.3, 0.4) is 0 Å². The summed E-state index contributed by atoms with van der Waals surface area (Å²) in [7, 11) is 1.60. The first-order valence-corrected chi connectivity index (χ1v) is 5.52. The van der Waals surface area contributed by atoms with Crippen molar-refractivity contribution in [2.75, 3.05) is 7.11 Å². The van der Waals surface area contributed by atoms with E-state index in [9.17, 15) is 0 Å². The average molecular weight is 252 g/mol. The molecule has 0 aliphatic heterocycles. The van der Waals surface area contributed by atoms with E-state index < -0.39 is 5.60 Å². The van der Waals surface area contributed by atoms with Crippen LogP contribution in [0, 0.1) is 0 Å². The average Bonchev–Trinajstić information content (AvgIpc) is 2.99. The molecule has 0 aliphatic rings. The molecule has 0 saturated heterocycles. The second-order valence-electron chi connectivity index (χ2n) is 4.34. The lowest BCUT2D eigenvalue weighted by Crippen LogP contribution is -2.21. The van der Waals surface area contributed by atoms with E-state index in [2.05, 4.69) is 20.5 Å². The summed E-state index contributed by atoms with van der Waals surface area (Å²) in [6, 6.07) is 0. The number of hydrogen-bond acceptors (Lipinski definition) is 7. The van der Waals surface area contributed by atoms with E-state index in [1.165, 1.54) is 0 Å². The first kappa shape index (κ1) is 12.7. The maximum atomic E-state index is 5.45. The third-order valence-electron chi connectivity index (χ3n) is 2.61. The van der Waals surface area contributed by atoms with E-state index in [0.29, 0.717) is 30.5 Å². The molecule has 0 atom stereocenters. The highest BCUT2D eigenvalue weighted by atomic mass is 16.5. The number of methoxy groups -OCH3 is 1. The van der Waals surface area contributed by atoms with Gasteiger partial charge in [-0.3, -0.25) is 0 Å². The van der Waals surface area contributed by atoms with Gasteiger partial charge in [-0.15, -0.1) is 5.10 Å². The van der Waals surface area contributed by atoms with Gasteiger partial charge in [0.2, 0.25) is 11.7 Å². The Morgan fingerprint density at radius 3 is 2.89 bits per heavy atom. The lowest BCUT2D eigenvalue weighted by atomic mass is 10.1. The van der Waals surface area contributed by atoms with E-state index in [-0.39, 0.29) is 0 Å². The van der Waals surface area contributed by atoms with E-state index in [0.717, 1.165) is 0 Å². The molecule has 0 bridgehead atoms. The zero-order chi connectivity index (χ0) is 13.2. The standard InChI is InChI=1S/C10H16N6O2/c1-10(2,17-3)9-12-8(18-14-9)6-16-5-7(4-11)13-15-16/h5H,4,6,11H2,1-3H3. The Labute approximate surface area is 104 Å². The molecular formula is C10H16N6O2. The topological polar surface area (TPSA) is 105 Å². The minimum absolute atomic E-state index is 0.353. The van der Waals surface area contributed by atoms with Crippen LogP contribution in [0.25, 0.3) is 0 Å². The fraction of sp³-hybridized carbons (Fsp3) is 0.600. The van der Waals surface area contributed by atoms with Gasteiger partial charge in [-0.05, 0) is 13.8 Å². The second-order valence-corrected chi connectivity index (χ2v) is 4.34. The summed E-state index contributed by atoms with van der Waals surface area (Å²) in [5.41, 5.74) is 5.59. The maximum absolute atomic E-state index is 5.45. The van der Waals surface area contributed by atoms with Crippen molar-refractivity contribution < 1.29 is 9.26 Å². The Morgan fingerprint density at radius 2 is 2.28 bits per heavy atom. The molecule has 0 unspecified atom stereocenters. The van der Waals surface area contributed by atoms with Gasteiger partial charge >= 0.3 is 0 Å². The van der Waals surface area contributed by atoms with Gasteiger partial charge in [-0.1, -0.05) is 10.4 Å². The quantitative estimate of drug-likeness (QED) is 0.801. The Hall–Kier alpha value is -1.80. The summed E-state index contributed by atoms with van der Waals surface area (Å²) in [6.45, 7) is 4.44. The summed E-state index contributed by atoms with van der Waals surface area (Å²) in [5, 5.41) is 11.7. The summed E-state index contributed by atoms with van der Waals surface area (Å²) in [4.78, 5) is 4.26. The van der Waals surface area contributed by atoms with Crippen LogP contribution in [-0.4, -0.2) is 32.2 Å². The number of nitrogens with zero attached hydrogens (tertiary/aromatic N) is 5. The van der Waals surface area contributed by atoms with Crippen LogP contribution in [-0.2, 0) is 23.4 Å². The Balaban J connectivity index is 2.11. The van der Waals surface area contributed by atoms with E-state index in [1.807, 2.05) is 13.8 Å². The van der Waals surface area contributed by atoms with Crippen molar-refractivity contribution in [2.24, 2.45) is 5.73 Å². The Bertz CT molecular complexity index is 518. The van der Waals surface area contributed by atoms with Gasteiger partial charge in [-0.2, -0.15) is 4.98 Å². The third kappa shape index (κ3) is 2.54. The van der Waals surface area contributed by atoms with E-state index in [1.54, 1.807) is 18.0 Å². The van der Waals surface area contributed by atoms with Crippen molar-refractivity contribution in [1.82, 2.24) is 25.1 Å². The van der Waals surface area contributed by atoms with Crippen LogP contribution in [0.1, 0.15) is 31.3 Å². The van der Waals surface area contributed by atoms with Crippen molar-refractivity contribution in [2.45, 2.75) is 32.5 Å². The molecule has 2 aromatic rings. The molecular weight excluding hydrogens is 236 g/mol. The predicted octanol–water partition coefficient (Wildman–Crippen LogP) is 0.0496. The van der Waals surface area contributed by atoms with Crippen molar-refractivity contribution in [3.8, 4) is 0 Å². The van der Waals surface area contributed by atoms with Gasteiger partial charge in [0.05, 0.1) is 11.9 Å². The van der Waals surface area contributed by atoms with Gasteiger partial charge in [0, 0.05) is 13.7 Å². The molecule has 2 heterocycles. The first-order valence-electron chi connectivity index (χ1n) is 5.52. The minimum Gasteiger partial charge on any atom is -0.371 e. The van der Waals surface area contributed by atoms with Gasteiger partial charge < -0.3 is 15.0 Å². The maximum Gasteiger partial charge on any atom is 0.248 e. The van der Waals surface area contributed by atoms with Gasteiger partial charge in [-0.25, -0.2) is 4.68 Å². The molecule has 0 spiro atoms. The number of rotatable bonds is 5. The summed E-state index contributed by atoms with van der Waals surface area (Å²) in [5.74, 6) is 0.947. The molecule has 0 radical (unpaired) electrons. The minimum atomic E-state index is -0.577. The fourth-order valence-corrected chi connectivity index (χ4v) is 1.30. The monoisotopic (exact) mass is 252 g/mol. The van der Waals surface area contributed by atoms with Crippen LogP contribution >= 0.6 is 0 Å². The zero-order valence-electron chi connectivity index (χ0n) is 10.6. The Morgan fingerprint density at radius 1 is 1.50 bits per heavy atom. The van der Waals surface area contributed by atoms with Crippen molar-refractivity contribution in [1.29, 1.82) is 0 Å². The molecule has 98 valence electrons. The molecule has 0 amide bonds. The SMILES string of the molecule is COC(C)(C)c1noc(Cn2cc(CN)nn2)n1. The lowest BCUT2D eigenvalue weighted by molar-refractivity contribution is 0.00973. The van der Waals surface area contributed by atoms with Gasteiger partial charge in [0.1, 0.15) is 12.1 Å². The molecule has 0 aliphatic carbocycles. The van der Waals surface area contributed by atoms with Crippen LogP contribution in [0.2, 0.25) is 0 Å². The van der Waals surface area contributed by atoms with Crippen LogP contribution in [0.4, 0.5) is 0 Å². The van der Waals surface area contributed by atoms with Crippen LogP contribution < -0.4 is 5.73 Å². The largest absolute Gasteiger partial charge is 0.371 e. The molecule has 0 fully saturated rings. The van der Waals surface area contributed by atoms with Crippen LogP contribution in [0.15, 0.2) is 10.7 Å². The fourth-order valence-electron chi connectivity index (χ4n) is 1.30. The smallest absolute Gasteiger partial charge is 0.248 e. The summed E-state index contributed by atoms with van der Waals surface area (Å²) in [6.07, 6.45) is 1.74. The van der Waals surface area contributed by atoms with Crippen molar-refractivity contribution >= 4 is 0 Å². The van der Waals surface area contributed by atoms with Crippen molar-refractivity contribution in [3.05, 3.63) is 23.6 Å². The zero-order valence-corrected chi connectivity index (χ0v) is 10.6. The first-order chi connectivity index (χ1) is 8.55. The molecule has 8 heteroatoms. The third-order valence-corrected chi connectivity index (χ3v) is 2.61. The predicted molar refractivity (Wildman–Crippen MR) is 61.3 cm³/mol. The molecule has 2 N–H and O–H groups in total. The summed E-state index contributed by atoms with van der Waals surface area (Å²) >= 11 is 0. The molecule has 8 nitrogen and oxygen atoms in total. The molecule has 2 aromatic heterocycles. The van der Waals surface area contributed by atoms with Crippen molar-refractivity contribution in [3.63, 3.8) is 0 Å². The molecule has 0 aromatic carbocycles.